The Morgan fingerprint density at radius 2 is 1.79 bits per heavy atom. The minimum absolute atomic E-state index is 0.0895. The monoisotopic (exact) mass is 415 g/mol. The quantitative estimate of drug-likeness (QED) is 0.500. The molecule has 146 valence electrons. The van der Waals surface area contributed by atoms with Gasteiger partial charge in [0, 0.05) is 12.1 Å². The summed E-state index contributed by atoms with van der Waals surface area (Å²) in [6.07, 6.45) is 2.51. The Morgan fingerprint density at radius 3 is 2.43 bits per heavy atom. The summed E-state index contributed by atoms with van der Waals surface area (Å²) in [4.78, 5) is 15.1. The van der Waals surface area contributed by atoms with Gasteiger partial charge in [-0.1, -0.05) is 48.2 Å². The second-order valence-corrected chi connectivity index (χ2v) is 7.69. The summed E-state index contributed by atoms with van der Waals surface area (Å²) in [6.45, 7) is 0.531. The molecule has 0 aliphatic carbocycles. The second-order valence-electron chi connectivity index (χ2n) is 6.01. The first-order valence-electron chi connectivity index (χ1n) is 8.66. The molecule has 28 heavy (non-hydrogen) atoms. The van der Waals surface area contributed by atoms with Crippen LogP contribution in [-0.2, 0) is 11.2 Å². The molecule has 1 heterocycles. The number of para-hydroxylation sites is 1. The highest BCUT2D eigenvalue weighted by Crippen LogP contribution is 2.37. The number of hydrogen-bond acceptors (Lipinski definition) is 6. The average molecular weight is 416 g/mol. The van der Waals surface area contributed by atoms with Crippen molar-refractivity contribution in [3.63, 3.8) is 0 Å². The zero-order valence-electron chi connectivity index (χ0n) is 15.9. The molecule has 3 rings (SSSR count). The third-order valence-corrected chi connectivity index (χ3v) is 5.75. The van der Waals surface area contributed by atoms with Crippen molar-refractivity contribution in [1.82, 2.24) is 4.90 Å². The van der Waals surface area contributed by atoms with Gasteiger partial charge < -0.3 is 14.2 Å². The number of carbonyl (C=O) groups is 1. The van der Waals surface area contributed by atoms with Crippen molar-refractivity contribution in [1.29, 1.82) is 0 Å². The lowest BCUT2D eigenvalue weighted by molar-refractivity contribution is -0.122. The molecule has 2 aromatic carbocycles. The van der Waals surface area contributed by atoms with E-state index in [9.17, 15) is 4.79 Å². The van der Waals surface area contributed by atoms with Gasteiger partial charge in [0.25, 0.3) is 5.91 Å². The highest BCUT2D eigenvalue weighted by atomic mass is 32.2. The molecule has 0 atom stereocenters. The first-order chi connectivity index (χ1) is 13.6. The van der Waals surface area contributed by atoms with Crippen LogP contribution >= 0.6 is 24.0 Å². The Labute approximate surface area is 174 Å². The maximum absolute atomic E-state index is 12.9. The van der Waals surface area contributed by atoms with E-state index in [1.807, 2.05) is 42.5 Å². The van der Waals surface area contributed by atoms with Gasteiger partial charge in [-0.05, 0) is 36.3 Å². The number of thioether (sulfide) groups is 1. The van der Waals surface area contributed by atoms with Gasteiger partial charge >= 0.3 is 0 Å². The third kappa shape index (κ3) is 4.31. The summed E-state index contributed by atoms with van der Waals surface area (Å²) in [7, 11) is 4.80. The van der Waals surface area contributed by atoms with Crippen molar-refractivity contribution in [2.24, 2.45) is 0 Å². The zero-order valence-corrected chi connectivity index (χ0v) is 17.6. The third-order valence-electron chi connectivity index (χ3n) is 4.38. The normalized spacial score (nSPS) is 15.2. The van der Waals surface area contributed by atoms with E-state index < -0.39 is 0 Å². The van der Waals surface area contributed by atoms with E-state index in [4.69, 9.17) is 26.4 Å². The van der Waals surface area contributed by atoms with Crippen LogP contribution in [0, 0.1) is 0 Å². The molecule has 1 aliphatic rings. The average Bonchev–Trinajstić information content (AvgIpc) is 2.99. The van der Waals surface area contributed by atoms with Crippen molar-refractivity contribution in [3.05, 3.63) is 58.5 Å². The summed E-state index contributed by atoms with van der Waals surface area (Å²) in [5.41, 5.74) is 1.89. The lowest BCUT2D eigenvalue weighted by atomic mass is 10.1. The SMILES string of the molecule is COc1ccc(CCN2C(=O)/C(=C/c3cccc(OC)c3OC)SC2=S)cc1. The minimum atomic E-state index is -0.0895. The maximum Gasteiger partial charge on any atom is 0.266 e. The fourth-order valence-corrected chi connectivity index (χ4v) is 4.19. The van der Waals surface area contributed by atoms with Crippen LogP contribution in [0.5, 0.6) is 17.2 Å². The predicted molar refractivity (Wildman–Crippen MR) is 116 cm³/mol. The number of methoxy groups -OCH3 is 3. The number of nitrogens with zero attached hydrogens (tertiary/aromatic N) is 1. The fraction of sp³-hybridized carbons (Fsp3) is 0.238. The first kappa shape index (κ1) is 20.2. The molecule has 5 nitrogen and oxygen atoms in total. The van der Waals surface area contributed by atoms with E-state index in [0.717, 1.165) is 16.9 Å². The van der Waals surface area contributed by atoms with Crippen LogP contribution in [0.3, 0.4) is 0 Å². The molecule has 1 saturated heterocycles. The predicted octanol–water partition coefficient (Wildman–Crippen LogP) is 4.16. The number of amides is 1. The number of carbonyl (C=O) groups excluding carboxylic acids is 1. The van der Waals surface area contributed by atoms with Crippen molar-refractivity contribution in [3.8, 4) is 17.2 Å². The van der Waals surface area contributed by atoms with Gasteiger partial charge in [-0.3, -0.25) is 9.69 Å². The summed E-state index contributed by atoms with van der Waals surface area (Å²) in [5.74, 6) is 1.93. The van der Waals surface area contributed by atoms with E-state index in [1.165, 1.54) is 11.8 Å². The van der Waals surface area contributed by atoms with Gasteiger partial charge in [0.2, 0.25) is 0 Å². The standard InChI is InChI=1S/C21H21NO4S2/c1-24-16-9-7-14(8-10-16)11-12-22-20(23)18(28-21(22)27)13-15-5-4-6-17(25-2)19(15)26-3/h4-10,13H,11-12H2,1-3H3/b18-13-. The van der Waals surface area contributed by atoms with Crippen LogP contribution in [-0.4, -0.2) is 43.0 Å². The highest BCUT2D eigenvalue weighted by molar-refractivity contribution is 8.26. The molecule has 7 heteroatoms. The minimum Gasteiger partial charge on any atom is -0.497 e. The lowest BCUT2D eigenvalue weighted by Gasteiger charge is -2.14. The van der Waals surface area contributed by atoms with Gasteiger partial charge in [0.15, 0.2) is 11.5 Å². The molecule has 0 bridgehead atoms. The summed E-state index contributed by atoms with van der Waals surface area (Å²) in [6, 6.07) is 13.4. The summed E-state index contributed by atoms with van der Waals surface area (Å²) in [5, 5.41) is 0. The van der Waals surface area contributed by atoms with Crippen molar-refractivity contribution >= 4 is 40.3 Å². The summed E-state index contributed by atoms with van der Waals surface area (Å²) < 4.78 is 16.5. The molecule has 0 N–H and O–H groups in total. The molecular formula is C21H21NO4S2. The lowest BCUT2D eigenvalue weighted by Crippen LogP contribution is -2.30. The molecule has 0 saturated carbocycles. The van der Waals surface area contributed by atoms with E-state index in [0.29, 0.717) is 33.7 Å². The molecule has 1 amide bonds. The van der Waals surface area contributed by atoms with Gasteiger partial charge in [0.05, 0.1) is 26.2 Å². The Hall–Kier alpha value is -2.51. The van der Waals surface area contributed by atoms with Crippen LogP contribution < -0.4 is 14.2 Å². The van der Waals surface area contributed by atoms with E-state index in [2.05, 4.69) is 0 Å². The molecule has 1 fully saturated rings. The smallest absolute Gasteiger partial charge is 0.266 e. The maximum atomic E-state index is 12.9. The molecule has 0 unspecified atom stereocenters. The Bertz CT molecular complexity index is 909. The number of benzene rings is 2. The van der Waals surface area contributed by atoms with Crippen LogP contribution in [0.2, 0.25) is 0 Å². The van der Waals surface area contributed by atoms with Crippen molar-refractivity contribution < 1.29 is 19.0 Å². The topological polar surface area (TPSA) is 48.0 Å². The highest BCUT2D eigenvalue weighted by Gasteiger charge is 2.32. The first-order valence-corrected chi connectivity index (χ1v) is 9.89. The molecule has 0 spiro atoms. The number of thiocarbonyl (C=S) groups is 1. The number of rotatable bonds is 7. The Kier molecular flexibility index (Phi) is 6.59. The number of ether oxygens (including phenoxy) is 3. The Morgan fingerprint density at radius 1 is 1.04 bits per heavy atom. The van der Waals surface area contributed by atoms with Crippen LogP contribution in [0.1, 0.15) is 11.1 Å². The molecular weight excluding hydrogens is 394 g/mol. The molecule has 1 aliphatic heterocycles. The van der Waals surface area contributed by atoms with Gasteiger partial charge in [-0.15, -0.1) is 0 Å². The van der Waals surface area contributed by atoms with Gasteiger partial charge in [-0.25, -0.2) is 0 Å². The van der Waals surface area contributed by atoms with E-state index >= 15 is 0 Å². The fourth-order valence-electron chi connectivity index (χ4n) is 2.89. The van der Waals surface area contributed by atoms with Crippen LogP contribution in [0.25, 0.3) is 6.08 Å². The second kappa shape index (κ2) is 9.12. The van der Waals surface area contributed by atoms with Crippen molar-refractivity contribution in [2.75, 3.05) is 27.9 Å². The number of hydrogen-bond donors (Lipinski definition) is 0. The van der Waals surface area contributed by atoms with Crippen molar-refractivity contribution in [2.45, 2.75) is 6.42 Å². The van der Waals surface area contributed by atoms with Gasteiger partial charge in [0.1, 0.15) is 10.1 Å². The molecule has 0 aromatic heterocycles. The zero-order chi connectivity index (χ0) is 20.1. The van der Waals surface area contributed by atoms with E-state index in [-0.39, 0.29) is 5.91 Å². The van der Waals surface area contributed by atoms with E-state index in [1.54, 1.807) is 32.3 Å². The van der Waals surface area contributed by atoms with Crippen LogP contribution in [0.15, 0.2) is 47.4 Å². The molecule has 2 aromatic rings. The largest absolute Gasteiger partial charge is 0.497 e. The molecule has 0 radical (unpaired) electrons. The van der Waals surface area contributed by atoms with Gasteiger partial charge in [-0.2, -0.15) is 0 Å². The summed E-state index contributed by atoms with van der Waals surface area (Å²) >= 11 is 6.73. The Balaban J connectivity index is 1.75. The van der Waals surface area contributed by atoms with Crippen LogP contribution in [0.4, 0.5) is 0 Å².